The molecule has 1 atom stereocenters. The second-order valence-corrected chi connectivity index (χ2v) is 10.9. The van der Waals surface area contributed by atoms with Gasteiger partial charge in [-0.25, -0.2) is 0 Å². The van der Waals surface area contributed by atoms with Crippen molar-refractivity contribution in [3.63, 3.8) is 0 Å². The molecule has 2 aliphatic heterocycles. The Kier molecular flexibility index (Phi) is 7.56. The number of aromatic amines is 1. The summed E-state index contributed by atoms with van der Waals surface area (Å²) in [4.78, 5) is 37.0. The molecule has 0 radical (unpaired) electrons. The summed E-state index contributed by atoms with van der Waals surface area (Å²) >= 11 is 0. The number of pyridine rings is 1. The van der Waals surface area contributed by atoms with Gasteiger partial charge in [-0.15, -0.1) is 0 Å². The Morgan fingerprint density at radius 2 is 1.89 bits per heavy atom. The predicted octanol–water partition coefficient (Wildman–Crippen LogP) is 3.23. The number of para-hydroxylation sites is 1. The molecular weight excluding hydrogens is 440 g/mol. The van der Waals surface area contributed by atoms with Gasteiger partial charge in [0.05, 0.1) is 18.7 Å². The lowest BCUT2D eigenvalue weighted by Gasteiger charge is -2.51. The first kappa shape index (κ1) is 24.5. The summed E-state index contributed by atoms with van der Waals surface area (Å²) in [7, 11) is 2.17. The molecule has 1 unspecified atom stereocenters. The fourth-order valence-corrected chi connectivity index (χ4v) is 6.28. The Hall–Kier alpha value is -2.22. The van der Waals surface area contributed by atoms with Crippen LogP contribution in [0.5, 0.6) is 0 Å². The number of piperazine rings is 1. The SMILES string of the molecule is CN1CCN(C2(CN(Cc3cc4ccccc4[nH]c3=O)C(=O)C3CCCCC3)CCCOC2)CC1. The number of rotatable bonds is 6. The van der Waals surface area contributed by atoms with E-state index in [1.54, 1.807) is 0 Å². The molecule has 1 amide bonds. The van der Waals surface area contributed by atoms with Crippen LogP contribution in [-0.4, -0.2) is 84.1 Å². The van der Waals surface area contributed by atoms with Crippen molar-refractivity contribution in [1.29, 1.82) is 0 Å². The summed E-state index contributed by atoms with van der Waals surface area (Å²) in [5.41, 5.74) is 1.21. The molecule has 7 nitrogen and oxygen atoms in total. The average Bonchev–Trinajstić information content (AvgIpc) is 2.89. The molecule has 1 saturated carbocycles. The van der Waals surface area contributed by atoms with Crippen LogP contribution in [0.2, 0.25) is 0 Å². The zero-order valence-electron chi connectivity index (χ0n) is 21.1. The number of nitrogens with one attached hydrogen (secondary N) is 1. The maximum atomic E-state index is 14.0. The largest absolute Gasteiger partial charge is 0.379 e. The van der Waals surface area contributed by atoms with Crippen molar-refractivity contribution in [2.24, 2.45) is 5.92 Å². The van der Waals surface area contributed by atoms with E-state index in [1.807, 2.05) is 35.2 Å². The molecule has 1 aliphatic carbocycles. The predicted molar refractivity (Wildman–Crippen MR) is 138 cm³/mol. The lowest BCUT2D eigenvalue weighted by atomic mass is 9.85. The Bertz CT molecular complexity index is 1060. The zero-order valence-corrected chi connectivity index (χ0v) is 21.1. The first-order chi connectivity index (χ1) is 17.0. The molecule has 7 heteroatoms. The minimum atomic E-state index is -0.187. The van der Waals surface area contributed by atoms with Crippen molar-refractivity contribution in [3.8, 4) is 0 Å². The van der Waals surface area contributed by atoms with Crippen molar-refractivity contribution in [2.75, 3.05) is 53.0 Å². The number of ether oxygens (including phenoxy) is 1. The van der Waals surface area contributed by atoms with Crippen LogP contribution in [-0.2, 0) is 16.1 Å². The summed E-state index contributed by atoms with van der Waals surface area (Å²) in [5, 5.41) is 1.00. The molecule has 35 heavy (non-hydrogen) atoms. The fourth-order valence-electron chi connectivity index (χ4n) is 6.28. The zero-order chi connectivity index (χ0) is 24.3. The van der Waals surface area contributed by atoms with Crippen LogP contribution in [0.25, 0.3) is 10.9 Å². The molecule has 1 N–H and O–H groups in total. The number of carbonyl (C=O) groups is 1. The van der Waals surface area contributed by atoms with Crippen molar-refractivity contribution in [3.05, 3.63) is 46.2 Å². The van der Waals surface area contributed by atoms with Gasteiger partial charge in [-0.05, 0) is 50.2 Å². The minimum absolute atomic E-state index is 0.0670. The lowest BCUT2D eigenvalue weighted by molar-refractivity contribution is -0.143. The van der Waals surface area contributed by atoms with Crippen molar-refractivity contribution < 1.29 is 9.53 Å². The summed E-state index contributed by atoms with van der Waals surface area (Å²) in [6.45, 7) is 6.45. The summed E-state index contributed by atoms with van der Waals surface area (Å²) in [6, 6.07) is 9.82. The van der Waals surface area contributed by atoms with E-state index in [2.05, 4.69) is 21.8 Å². The van der Waals surface area contributed by atoms with Gasteiger partial charge in [0, 0.05) is 56.3 Å². The van der Waals surface area contributed by atoms with Crippen molar-refractivity contribution in [2.45, 2.75) is 57.0 Å². The number of amides is 1. The highest BCUT2D eigenvalue weighted by atomic mass is 16.5. The average molecular weight is 481 g/mol. The van der Waals surface area contributed by atoms with E-state index in [4.69, 9.17) is 4.74 Å². The number of carbonyl (C=O) groups excluding carboxylic acids is 1. The Balaban J connectivity index is 1.46. The smallest absolute Gasteiger partial charge is 0.253 e. The topological polar surface area (TPSA) is 68.9 Å². The Labute approximate surface area is 208 Å². The molecule has 3 fully saturated rings. The van der Waals surface area contributed by atoms with Gasteiger partial charge in [0.1, 0.15) is 0 Å². The van der Waals surface area contributed by atoms with Gasteiger partial charge in [0.25, 0.3) is 5.56 Å². The summed E-state index contributed by atoms with van der Waals surface area (Å²) in [5.74, 6) is 0.286. The third kappa shape index (κ3) is 5.47. The molecule has 2 aromatic rings. The second kappa shape index (κ2) is 10.8. The third-order valence-electron chi connectivity index (χ3n) is 8.42. The van der Waals surface area contributed by atoms with E-state index in [1.165, 1.54) is 6.42 Å². The normalized spacial score (nSPS) is 25.1. The number of hydrogen-bond donors (Lipinski definition) is 1. The molecule has 0 spiro atoms. The van der Waals surface area contributed by atoms with E-state index >= 15 is 0 Å². The monoisotopic (exact) mass is 480 g/mol. The number of benzene rings is 1. The van der Waals surface area contributed by atoms with Crippen LogP contribution in [0.4, 0.5) is 0 Å². The van der Waals surface area contributed by atoms with Gasteiger partial charge >= 0.3 is 0 Å². The van der Waals surface area contributed by atoms with E-state index in [-0.39, 0.29) is 22.9 Å². The van der Waals surface area contributed by atoms with Gasteiger partial charge in [-0.3, -0.25) is 14.5 Å². The highest BCUT2D eigenvalue weighted by molar-refractivity contribution is 5.80. The summed E-state index contributed by atoms with van der Waals surface area (Å²) in [6.07, 6.45) is 7.41. The number of aromatic nitrogens is 1. The Morgan fingerprint density at radius 1 is 1.11 bits per heavy atom. The van der Waals surface area contributed by atoms with Crippen molar-refractivity contribution >= 4 is 16.8 Å². The fraction of sp³-hybridized carbons (Fsp3) is 0.643. The van der Waals surface area contributed by atoms with E-state index < -0.39 is 0 Å². The summed E-state index contributed by atoms with van der Waals surface area (Å²) < 4.78 is 6.06. The Morgan fingerprint density at radius 3 is 2.63 bits per heavy atom. The maximum Gasteiger partial charge on any atom is 0.253 e. The molecule has 2 saturated heterocycles. The van der Waals surface area contributed by atoms with Gasteiger partial charge < -0.3 is 19.5 Å². The van der Waals surface area contributed by atoms with E-state index in [0.717, 1.165) is 82.2 Å². The number of nitrogens with zero attached hydrogens (tertiary/aromatic N) is 3. The van der Waals surface area contributed by atoms with Gasteiger partial charge in [0.15, 0.2) is 0 Å². The van der Waals surface area contributed by atoms with E-state index in [9.17, 15) is 9.59 Å². The first-order valence-electron chi connectivity index (χ1n) is 13.5. The maximum absolute atomic E-state index is 14.0. The number of hydrogen-bond acceptors (Lipinski definition) is 5. The molecule has 3 aliphatic rings. The van der Waals surface area contributed by atoms with Crippen LogP contribution in [0.15, 0.2) is 35.1 Å². The minimum Gasteiger partial charge on any atom is -0.379 e. The van der Waals surface area contributed by atoms with Gasteiger partial charge in [-0.2, -0.15) is 0 Å². The van der Waals surface area contributed by atoms with Crippen LogP contribution in [0.1, 0.15) is 50.5 Å². The van der Waals surface area contributed by atoms with Crippen molar-refractivity contribution in [1.82, 2.24) is 19.7 Å². The van der Waals surface area contributed by atoms with E-state index in [0.29, 0.717) is 25.3 Å². The molecule has 1 aromatic carbocycles. The number of H-pyrrole nitrogens is 1. The number of fused-ring (bicyclic) bond motifs is 1. The molecule has 190 valence electrons. The quantitative estimate of drug-likeness (QED) is 0.688. The molecule has 0 bridgehead atoms. The van der Waals surface area contributed by atoms with Gasteiger partial charge in [-0.1, -0.05) is 37.5 Å². The molecule has 5 rings (SSSR count). The van der Waals surface area contributed by atoms with Crippen LogP contribution in [0.3, 0.4) is 0 Å². The second-order valence-electron chi connectivity index (χ2n) is 10.9. The molecular formula is C28H40N4O3. The van der Waals surface area contributed by atoms with Crippen LogP contribution < -0.4 is 5.56 Å². The highest BCUT2D eigenvalue weighted by Crippen LogP contribution is 2.32. The van der Waals surface area contributed by atoms with Crippen LogP contribution in [0, 0.1) is 5.92 Å². The molecule has 1 aromatic heterocycles. The standard InChI is InChI=1S/C28H40N4O3/c1-30-13-15-32(16-14-30)28(12-7-17-35-21-28)20-31(27(34)22-8-3-2-4-9-22)19-24-18-23-10-5-6-11-25(23)29-26(24)33/h5-6,10-11,18,22H,2-4,7-9,12-17,19-21H2,1H3,(H,29,33). The lowest BCUT2D eigenvalue weighted by Crippen LogP contribution is -2.64. The first-order valence-corrected chi connectivity index (χ1v) is 13.5. The van der Waals surface area contributed by atoms with Crippen LogP contribution >= 0.6 is 0 Å². The highest BCUT2D eigenvalue weighted by Gasteiger charge is 2.43. The number of likely N-dealkylation sites (N-methyl/N-ethyl adjacent to an activating group) is 1. The van der Waals surface area contributed by atoms with Gasteiger partial charge in [0.2, 0.25) is 5.91 Å². The third-order valence-corrected chi connectivity index (χ3v) is 8.42. The molecule has 3 heterocycles.